The number of primary amides is 1. The van der Waals surface area contributed by atoms with Crippen molar-refractivity contribution in [1.29, 1.82) is 0 Å². The quantitative estimate of drug-likeness (QED) is 0.328. The third kappa shape index (κ3) is 4.00. The average molecular weight is 532 g/mol. The van der Waals surface area contributed by atoms with Crippen LogP contribution in [0.2, 0.25) is 0 Å². The molecule has 1 aromatic rings. The Hall–Kier alpha value is -3.28. The molecule has 0 saturated heterocycles. The molecule has 0 fully saturated rings. The number of hydrogen-bond donors (Lipinski definition) is 5. The van der Waals surface area contributed by atoms with Gasteiger partial charge in [-0.3, -0.25) is 19.3 Å². The van der Waals surface area contributed by atoms with Gasteiger partial charge in [0, 0.05) is 29.2 Å². The van der Waals surface area contributed by atoms with Crippen molar-refractivity contribution >= 4 is 17.5 Å². The minimum Gasteiger partial charge on any atom is -0.510 e. The molecule has 1 aromatic carbocycles. The van der Waals surface area contributed by atoms with Gasteiger partial charge in [0.05, 0.1) is 11.6 Å². The molecule has 0 aromatic heterocycles. The summed E-state index contributed by atoms with van der Waals surface area (Å²) < 4.78 is 15.7. The number of amides is 1. The highest BCUT2D eigenvalue weighted by Gasteiger charge is 2.63. The topological polar surface area (TPSA) is 165 Å². The summed E-state index contributed by atoms with van der Waals surface area (Å²) in [5, 5.41) is 44.4. The van der Waals surface area contributed by atoms with Crippen molar-refractivity contribution < 1.29 is 39.2 Å². The van der Waals surface area contributed by atoms with Gasteiger partial charge in [-0.1, -0.05) is 13.3 Å². The number of nitrogens with two attached hydrogens (primary N) is 1. The summed E-state index contributed by atoms with van der Waals surface area (Å²) in [6, 6.07) is 0.0873. The molecule has 6 N–H and O–H groups in total. The zero-order valence-electron chi connectivity index (χ0n) is 21.9. The van der Waals surface area contributed by atoms with Crippen molar-refractivity contribution in [2.45, 2.75) is 50.8 Å². The number of carbonyl (C=O) groups excluding carboxylic acids is 3. The molecule has 0 radical (unpaired) electrons. The average Bonchev–Trinajstić information content (AvgIpc) is 2.82. The van der Waals surface area contributed by atoms with Crippen LogP contribution in [-0.2, 0) is 22.6 Å². The van der Waals surface area contributed by atoms with E-state index in [1.165, 1.54) is 11.0 Å². The standard InChI is InChI=1S/C27H34FN3O7/c1-5-6-7-31(4)11-13-10-16(32)18-14(20(13)28)8-12-9-15-21(30(2)3)23(34)19(26(29)37)25(36)27(15,38)24(35)17(12)22(18)33/h10,12,15,21,32,34-35,38H,5-9,11H2,1-4H3,(H2,29,37)/t12-,15-,21-,27-/m0/s1. The van der Waals surface area contributed by atoms with Crippen molar-refractivity contribution in [3.8, 4) is 5.75 Å². The van der Waals surface area contributed by atoms with Crippen LogP contribution in [0.4, 0.5) is 4.39 Å². The maximum atomic E-state index is 15.7. The van der Waals surface area contributed by atoms with Gasteiger partial charge in [-0.25, -0.2) is 4.39 Å². The van der Waals surface area contributed by atoms with Gasteiger partial charge in [-0.05, 0) is 58.9 Å². The summed E-state index contributed by atoms with van der Waals surface area (Å²) >= 11 is 0. The molecule has 3 aliphatic rings. The molecule has 4 rings (SSSR count). The summed E-state index contributed by atoms with van der Waals surface area (Å²) in [4.78, 5) is 42.3. The number of hydrogen-bond acceptors (Lipinski definition) is 9. The minimum absolute atomic E-state index is 0.00186. The highest BCUT2D eigenvalue weighted by molar-refractivity contribution is 6.24. The molecule has 11 heteroatoms. The van der Waals surface area contributed by atoms with Crippen LogP contribution in [0.25, 0.3) is 0 Å². The smallest absolute Gasteiger partial charge is 0.255 e. The van der Waals surface area contributed by atoms with Gasteiger partial charge in [0.2, 0.25) is 5.78 Å². The van der Waals surface area contributed by atoms with Crippen molar-refractivity contribution in [3.05, 3.63) is 51.2 Å². The number of carbonyl (C=O) groups is 3. The molecule has 0 spiro atoms. The molecular formula is C27H34FN3O7. The maximum Gasteiger partial charge on any atom is 0.255 e. The zero-order valence-corrected chi connectivity index (χ0v) is 21.9. The van der Waals surface area contributed by atoms with E-state index < -0.39 is 69.6 Å². The summed E-state index contributed by atoms with van der Waals surface area (Å²) in [7, 11) is 4.93. The molecule has 1 amide bonds. The number of benzene rings is 1. The first-order chi connectivity index (χ1) is 17.8. The van der Waals surface area contributed by atoms with Crippen LogP contribution in [0.1, 0.15) is 47.7 Å². The van der Waals surface area contributed by atoms with Crippen LogP contribution in [0.15, 0.2) is 28.7 Å². The number of Topliss-reactive ketones (excluding diaryl/α,β-unsaturated/α-hetero) is 2. The van der Waals surface area contributed by atoms with Crippen molar-refractivity contribution in [3.63, 3.8) is 0 Å². The molecular weight excluding hydrogens is 497 g/mol. The Morgan fingerprint density at radius 2 is 1.87 bits per heavy atom. The first-order valence-corrected chi connectivity index (χ1v) is 12.6. The highest BCUT2D eigenvalue weighted by atomic mass is 19.1. The van der Waals surface area contributed by atoms with E-state index in [1.54, 1.807) is 14.1 Å². The van der Waals surface area contributed by atoms with E-state index in [4.69, 9.17) is 5.73 Å². The number of rotatable bonds is 7. The van der Waals surface area contributed by atoms with Gasteiger partial charge in [0.1, 0.15) is 28.7 Å². The van der Waals surface area contributed by atoms with E-state index >= 15 is 4.39 Å². The first kappa shape index (κ1) is 27.7. The summed E-state index contributed by atoms with van der Waals surface area (Å²) in [6.45, 7) is 2.98. The Kier molecular flexibility index (Phi) is 7.15. The molecule has 4 atom stereocenters. The number of phenols is 1. The first-order valence-electron chi connectivity index (χ1n) is 12.6. The lowest BCUT2D eigenvalue weighted by molar-refractivity contribution is -0.148. The van der Waals surface area contributed by atoms with Gasteiger partial charge < -0.3 is 31.1 Å². The summed E-state index contributed by atoms with van der Waals surface area (Å²) in [5.41, 5.74) is 1.31. The fourth-order valence-electron chi connectivity index (χ4n) is 6.27. The lowest BCUT2D eigenvalue weighted by Gasteiger charge is -2.50. The Morgan fingerprint density at radius 3 is 2.45 bits per heavy atom. The van der Waals surface area contributed by atoms with E-state index in [-0.39, 0.29) is 41.6 Å². The second-order valence-corrected chi connectivity index (χ2v) is 10.8. The number of aliphatic hydroxyl groups excluding tert-OH is 2. The number of allylic oxidation sites excluding steroid dienone is 1. The molecule has 0 saturated carbocycles. The van der Waals surface area contributed by atoms with E-state index in [0.717, 1.165) is 19.4 Å². The SMILES string of the molecule is CCCCN(C)Cc1cc(O)c2c(c1F)C[C@H]1C[C@H]3[C@H](N(C)C)C(O)=C(C(N)=O)C(=O)[C@@]3(O)C(O)=C1C2=O. The van der Waals surface area contributed by atoms with Crippen LogP contribution < -0.4 is 5.73 Å². The van der Waals surface area contributed by atoms with Gasteiger partial charge in [0.15, 0.2) is 11.4 Å². The molecule has 0 aliphatic heterocycles. The van der Waals surface area contributed by atoms with Gasteiger partial charge in [-0.2, -0.15) is 0 Å². The largest absolute Gasteiger partial charge is 0.510 e. The third-order valence-electron chi connectivity index (χ3n) is 8.06. The number of aromatic hydroxyl groups is 1. The van der Waals surface area contributed by atoms with E-state index in [1.807, 2.05) is 18.9 Å². The molecule has 3 aliphatic carbocycles. The highest BCUT2D eigenvalue weighted by Crippen LogP contribution is 2.52. The fraction of sp³-hybridized carbons (Fsp3) is 0.519. The molecule has 0 unspecified atom stereocenters. The number of nitrogens with zero attached hydrogens (tertiary/aromatic N) is 2. The summed E-state index contributed by atoms with van der Waals surface area (Å²) in [5.74, 6) is -8.20. The number of likely N-dealkylation sites (N-methyl/N-ethyl adjacent to an activating group) is 1. The van der Waals surface area contributed by atoms with Crippen molar-refractivity contribution in [2.75, 3.05) is 27.7 Å². The fourth-order valence-corrected chi connectivity index (χ4v) is 6.27. The molecule has 0 bridgehead atoms. The zero-order chi connectivity index (χ0) is 28.3. The van der Waals surface area contributed by atoms with Crippen LogP contribution in [-0.4, -0.2) is 87.0 Å². The molecule has 10 nitrogen and oxygen atoms in total. The van der Waals surface area contributed by atoms with E-state index in [2.05, 4.69) is 0 Å². The number of ketones is 2. The summed E-state index contributed by atoms with van der Waals surface area (Å²) in [6.07, 6.45) is 1.71. The van der Waals surface area contributed by atoms with Crippen molar-refractivity contribution in [1.82, 2.24) is 9.80 Å². The van der Waals surface area contributed by atoms with Gasteiger partial charge >= 0.3 is 0 Å². The van der Waals surface area contributed by atoms with Crippen LogP contribution in [0.3, 0.4) is 0 Å². The second kappa shape index (κ2) is 9.79. The number of fused-ring (bicyclic) bond motifs is 3. The monoisotopic (exact) mass is 531 g/mol. The van der Waals surface area contributed by atoms with Gasteiger partial charge in [-0.15, -0.1) is 0 Å². The van der Waals surface area contributed by atoms with Crippen LogP contribution >= 0.6 is 0 Å². The Bertz CT molecular complexity index is 1290. The normalized spacial score (nSPS) is 27.1. The van der Waals surface area contributed by atoms with Crippen molar-refractivity contribution in [2.24, 2.45) is 17.6 Å². The second-order valence-electron chi connectivity index (χ2n) is 10.8. The number of aliphatic hydroxyl groups is 3. The van der Waals surface area contributed by atoms with E-state index in [0.29, 0.717) is 0 Å². The van der Waals surface area contributed by atoms with E-state index in [9.17, 15) is 34.8 Å². The Labute approximate surface area is 219 Å². The number of unbranched alkanes of at least 4 members (excludes halogenated alkanes) is 1. The van der Waals surface area contributed by atoms with Crippen LogP contribution in [0, 0.1) is 17.7 Å². The molecule has 206 valence electrons. The van der Waals surface area contributed by atoms with Gasteiger partial charge in [0.25, 0.3) is 5.91 Å². The predicted octanol–water partition coefficient (Wildman–Crippen LogP) is 1.49. The lowest BCUT2D eigenvalue weighted by atomic mass is 9.58. The molecule has 38 heavy (non-hydrogen) atoms. The third-order valence-corrected chi connectivity index (χ3v) is 8.06. The molecule has 0 heterocycles. The minimum atomic E-state index is -2.72. The lowest BCUT2D eigenvalue weighted by Crippen LogP contribution is -2.63. The number of halogens is 1. The Balaban J connectivity index is 1.85. The van der Waals surface area contributed by atoms with Crippen LogP contribution in [0.5, 0.6) is 5.75 Å². The predicted molar refractivity (Wildman–Crippen MR) is 135 cm³/mol. The number of phenolic OH excluding ortho intramolecular Hbond substituents is 1. The maximum absolute atomic E-state index is 15.7. The Morgan fingerprint density at radius 1 is 1.21 bits per heavy atom.